The summed E-state index contributed by atoms with van der Waals surface area (Å²) in [6, 6.07) is 8.14. The van der Waals surface area contributed by atoms with Crippen molar-refractivity contribution in [3.63, 3.8) is 0 Å². The number of aromatic nitrogens is 1. The Morgan fingerprint density at radius 3 is 2.04 bits per heavy atom. The van der Waals surface area contributed by atoms with E-state index in [1.54, 1.807) is 21.3 Å². The zero-order valence-electron chi connectivity index (χ0n) is 15.4. The van der Waals surface area contributed by atoms with Gasteiger partial charge in [0.15, 0.2) is 11.5 Å². The maximum atomic E-state index is 5.40. The van der Waals surface area contributed by atoms with E-state index in [1.807, 2.05) is 30.6 Å². The van der Waals surface area contributed by atoms with Gasteiger partial charge in [-0.15, -0.1) is 0 Å². The highest BCUT2D eigenvalue weighted by Crippen LogP contribution is 2.38. The summed E-state index contributed by atoms with van der Waals surface area (Å²) in [5.41, 5.74) is 2.48. The van der Waals surface area contributed by atoms with Crippen LogP contribution in [0.25, 0.3) is 0 Å². The van der Waals surface area contributed by atoms with E-state index >= 15 is 0 Å². The second-order valence-electron chi connectivity index (χ2n) is 5.85. The van der Waals surface area contributed by atoms with Gasteiger partial charge in [-0.05, 0) is 68.1 Å². The van der Waals surface area contributed by atoms with Gasteiger partial charge in [0.05, 0.1) is 21.3 Å². The summed E-state index contributed by atoms with van der Waals surface area (Å²) in [4.78, 5) is 4.14. The van der Waals surface area contributed by atoms with Gasteiger partial charge < -0.3 is 19.5 Å². The monoisotopic (exact) mass is 344 g/mol. The first-order valence-electron chi connectivity index (χ1n) is 8.67. The van der Waals surface area contributed by atoms with Crippen molar-refractivity contribution in [2.24, 2.45) is 0 Å². The van der Waals surface area contributed by atoms with Crippen LogP contribution in [0, 0.1) is 0 Å². The lowest BCUT2D eigenvalue weighted by atomic mass is 10.1. The molecular formula is C20H28N2O3. The lowest BCUT2D eigenvalue weighted by molar-refractivity contribution is 0.323. The summed E-state index contributed by atoms with van der Waals surface area (Å²) in [7, 11) is 4.91. The number of ether oxygens (including phenoxy) is 3. The third-order valence-corrected chi connectivity index (χ3v) is 4.09. The highest BCUT2D eigenvalue weighted by Gasteiger charge is 2.12. The topological polar surface area (TPSA) is 52.6 Å². The van der Waals surface area contributed by atoms with Gasteiger partial charge in [-0.2, -0.15) is 0 Å². The van der Waals surface area contributed by atoms with Crippen LogP contribution < -0.4 is 19.5 Å². The molecule has 0 aliphatic heterocycles. The molecule has 136 valence electrons. The number of methoxy groups -OCH3 is 3. The van der Waals surface area contributed by atoms with E-state index in [2.05, 4.69) is 16.4 Å². The van der Waals surface area contributed by atoms with Crippen molar-refractivity contribution in [3.8, 4) is 17.2 Å². The molecule has 0 saturated carbocycles. The van der Waals surface area contributed by atoms with Crippen LogP contribution in [-0.4, -0.2) is 39.4 Å². The van der Waals surface area contributed by atoms with Gasteiger partial charge in [-0.3, -0.25) is 4.98 Å². The fourth-order valence-corrected chi connectivity index (χ4v) is 2.79. The Morgan fingerprint density at radius 2 is 1.52 bits per heavy atom. The second kappa shape index (κ2) is 10.6. The van der Waals surface area contributed by atoms with Crippen LogP contribution in [0.4, 0.5) is 0 Å². The lowest BCUT2D eigenvalue weighted by Gasteiger charge is -2.14. The molecule has 1 heterocycles. The zero-order chi connectivity index (χ0) is 17.9. The molecule has 1 N–H and O–H groups in total. The van der Waals surface area contributed by atoms with Crippen molar-refractivity contribution < 1.29 is 14.2 Å². The molecule has 2 aromatic rings. The van der Waals surface area contributed by atoms with E-state index in [-0.39, 0.29) is 0 Å². The number of hydrogen-bond acceptors (Lipinski definition) is 5. The minimum atomic E-state index is 0.641. The number of nitrogens with one attached hydrogen (secondary N) is 1. The first kappa shape index (κ1) is 19.1. The van der Waals surface area contributed by atoms with Gasteiger partial charge in [0.2, 0.25) is 5.75 Å². The number of nitrogens with zero attached hydrogens (tertiary/aromatic N) is 1. The molecule has 0 unspecified atom stereocenters. The number of aryl methyl sites for hydroxylation is 2. The van der Waals surface area contributed by atoms with Gasteiger partial charge in [0.1, 0.15) is 0 Å². The number of pyridine rings is 1. The Morgan fingerprint density at radius 1 is 0.880 bits per heavy atom. The van der Waals surface area contributed by atoms with Gasteiger partial charge in [-0.1, -0.05) is 6.07 Å². The molecule has 0 amide bonds. The van der Waals surface area contributed by atoms with Crippen molar-refractivity contribution in [2.45, 2.75) is 25.7 Å². The largest absolute Gasteiger partial charge is 0.493 e. The molecule has 1 aromatic heterocycles. The number of rotatable bonds is 11. The smallest absolute Gasteiger partial charge is 0.203 e. The van der Waals surface area contributed by atoms with Gasteiger partial charge in [0, 0.05) is 12.4 Å². The molecule has 0 atom stereocenters. The Balaban J connectivity index is 1.71. The Labute approximate surface area is 150 Å². The molecule has 0 aliphatic rings. The highest BCUT2D eigenvalue weighted by molar-refractivity contribution is 5.53. The average molecular weight is 344 g/mol. The standard InChI is InChI=1S/C20H28N2O3/c1-23-18-13-17(14-19(24-2)20(18)25-3)9-6-11-21-10-4-7-16-8-5-12-22-15-16/h5,8,12-15,21H,4,6-7,9-11H2,1-3H3. The Kier molecular flexibility index (Phi) is 8.05. The number of benzene rings is 1. The van der Waals surface area contributed by atoms with Crippen LogP contribution in [0.1, 0.15) is 24.0 Å². The summed E-state index contributed by atoms with van der Waals surface area (Å²) >= 11 is 0. The van der Waals surface area contributed by atoms with E-state index in [9.17, 15) is 0 Å². The molecule has 5 nitrogen and oxygen atoms in total. The molecule has 1 aromatic carbocycles. The maximum absolute atomic E-state index is 5.40. The van der Waals surface area contributed by atoms with E-state index in [0.717, 1.165) is 38.8 Å². The highest BCUT2D eigenvalue weighted by atomic mass is 16.5. The minimum Gasteiger partial charge on any atom is -0.493 e. The Hall–Kier alpha value is -2.27. The predicted molar refractivity (Wildman–Crippen MR) is 99.8 cm³/mol. The maximum Gasteiger partial charge on any atom is 0.203 e. The molecular weight excluding hydrogens is 316 g/mol. The summed E-state index contributed by atoms with van der Waals surface area (Å²) in [6.07, 6.45) is 7.96. The normalized spacial score (nSPS) is 10.5. The first-order valence-corrected chi connectivity index (χ1v) is 8.67. The molecule has 0 bridgehead atoms. The van der Waals surface area contributed by atoms with Crippen molar-refractivity contribution in [2.75, 3.05) is 34.4 Å². The zero-order valence-corrected chi connectivity index (χ0v) is 15.4. The fraction of sp³-hybridized carbons (Fsp3) is 0.450. The first-order chi connectivity index (χ1) is 12.3. The van der Waals surface area contributed by atoms with Crippen molar-refractivity contribution in [3.05, 3.63) is 47.8 Å². The summed E-state index contributed by atoms with van der Waals surface area (Å²) in [5, 5.41) is 3.50. The van der Waals surface area contributed by atoms with E-state index in [1.165, 1.54) is 11.1 Å². The van der Waals surface area contributed by atoms with E-state index in [0.29, 0.717) is 17.2 Å². The van der Waals surface area contributed by atoms with Crippen LogP contribution in [0.15, 0.2) is 36.7 Å². The summed E-state index contributed by atoms with van der Waals surface area (Å²) in [6.45, 7) is 2.01. The van der Waals surface area contributed by atoms with Crippen LogP contribution in [0.2, 0.25) is 0 Å². The number of hydrogen-bond donors (Lipinski definition) is 1. The summed E-state index contributed by atoms with van der Waals surface area (Å²) in [5.74, 6) is 2.06. The molecule has 0 aliphatic carbocycles. The van der Waals surface area contributed by atoms with Gasteiger partial charge in [-0.25, -0.2) is 0 Å². The molecule has 25 heavy (non-hydrogen) atoms. The SMILES string of the molecule is COc1cc(CCCNCCCc2cccnc2)cc(OC)c1OC. The predicted octanol–water partition coefficient (Wildman–Crippen LogP) is 3.26. The minimum absolute atomic E-state index is 0.641. The average Bonchev–Trinajstić information content (AvgIpc) is 2.67. The van der Waals surface area contributed by atoms with Crippen LogP contribution in [0.5, 0.6) is 17.2 Å². The molecule has 0 spiro atoms. The molecule has 5 heteroatoms. The quantitative estimate of drug-likeness (QED) is 0.634. The van der Waals surface area contributed by atoms with Crippen LogP contribution in [-0.2, 0) is 12.8 Å². The summed E-state index contributed by atoms with van der Waals surface area (Å²) < 4.78 is 16.1. The molecule has 2 rings (SSSR count). The second-order valence-corrected chi connectivity index (χ2v) is 5.85. The van der Waals surface area contributed by atoms with Gasteiger partial charge >= 0.3 is 0 Å². The van der Waals surface area contributed by atoms with Crippen LogP contribution >= 0.6 is 0 Å². The van der Waals surface area contributed by atoms with E-state index in [4.69, 9.17) is 14.2 Å². The Bertz CT molecular complexity index is 607. The lowest BCUT2D eigenvalue weighted by Crippen LogP contribution is -2.17. The van der Waals surface area contributed by atoms with E-state index < -0.39 is 0 Å². The van der Waals surface area contributed by atoms with Crippen molar-refractivity contribution in [1.82, 2.24) is 10.3 Å². The van der Waals surface area contributed by atoms with Crippen molar-refractivity contribution in [1.29, 1.82) is 0 Å². The third-order valence-electron chi connectivity index (χ3n) is 4.09. The van der Waals surface area contributed by atoms with Crippen molar-refractivity contribution >= 4 is 0 Å². The fourth-order valence-electron chi connectivity index (χ4n) is 2.79. The molecule has 0 fully saturated rings. The van der Waals surface area contributed by atoms with Crippen LogP contribution in [0.3, 0.4) is 0 Å². The molecule has 0 saturated heterocycles. The molecule has 0 radical (unpaired) electrons. The third kappa shape index (κ3) is 5.94. The van der Waals surface area contributed by atoms with Gasteiger partial charge in [0.25, 0.3) is 0 Å².